The molecule has 100 valence electrons. The number of hydrogen-bond acceptors (Lipinski definition) is 7. The molecule has 0 aliphatic carbocycles. The van der Waals surface area contributed by atoms with Crippen molar-refractivity contribution in [2.45, 2.75) is 6.67 Å². The van der Waals surface area contributed by atoms with Gasteiger partial charge in [0.1, 0.15) is 6.67 Å². The zero-order chi connectivity index (χ0) is 13.1. The maximum absolute atomic E-state index is 5.80. The van der Waals surface area contributed by atoms with E-state index in [1.807, 2.05) is 0 Å². The standard InChI is InChI=1S/C9H18N8S/c1-14-2-4-15(5-3-14)9-12-8(10)17(13-9)6-16(11)7-18/h7H,2-6,11H2,1H3,(H2,10,12,13). The highest BCUT2D eigenvalue weighted by Gasteiger charge is 2.19. The van der Waals surface area contributed by atoms with Crippen LogP contribution in [0.15, 0.2) is 0 Å². The molecule has 0 aromatic carbocycles. The number of nitrogen functional groups attached to an aromatic ring is 1. The van der Waals surface area contributed by atoms with Crippen molar-refractivity contribution in [1.29, 1.82) is 0 Å². The normalized spacial score (nSPS) is 16.9. The first-order chi connectivity index (χ1) is 8.60. The monoisotopic (exact) mass is 270 g/mol. The van der Waals surface area contributed by atoms with E-state index in [0.717, 1.165) is 26.2 Å². The van der Waals surface area contributed by atoms with E-state index in [2.05, 4.69) is 26.9 Å². The van der Waals surface area contributed by atoms with Crippen molar-refractivity contribution < 1.29 is 0 Å². The Kier molecular flexibility index (Phi) is 3.94. The van der Waals surface area contributed by atoms with Gasteiger partial charge in [-0.1, -0.05) is 12.2 Å². The summed E-state index contributed by atoms with van der Waals surface area (Å²) in [6.07, 6.45) is 0. The number of hydrogen-bond donors (Lipinski definition) is 2. The summed E-state index contributed by atoms with van der Waals surface area (Å²) in [5.41, 5.74) is 7.14. The Bertz CT molecular complexity index is 411. The Morgan fingerprint density at radius 2 is 2.06 bits per heavy atom. The first kappa shape index (κ1) is 13.0. The van der Waals surface area contributed by atoms with Gasteiger partial charge in [-0.25, -0.2) is 10.5 Å². The van der Waals surface area contributed by atoms with Crippen LogP contribution in [0.2, 0.25) is 0 Å². The van der Waals surface area contributed by atoms with Crippen molar-refractivity contribution in [2.75, 3.05) is 43.9 Å². The molecule has 0 spiro atoms. The van der Waals surface area contributed by atoms with Gasteiger partial charge in [0.25, 0.3) is 0 Å². The Morgan fingerprint density at radius 1 is 1.39 bits per heavy atom. The Hall–Kier alpha value is -1.45. The van der Waals surface area contributed by atoms with Crippen LogP contribution in [-0.4, -0.2) is 63.4 Å². The second-order valence-electron chi connectivity index (χ2n) is 4.32. The minimum atomic E-state index is 0.302. The SMILES string of the molecule is CN1CCN(c2nc(N)n(CN(N)C=S)n2)CC1. The van der Waals surface area contributed by atoms with Gasteiger partial charge in [0.2, 0.25) is 11.9 Å². The van der Waals surface area contributed by atoms with E-state index in [4.69, 9.17) is 23.8 Å². The molecule has 0 atom stereocenters. The van der Waals surface area contributed by atoms with Crippen LogP contribution in [0, 0.1) is 0 Å². The molecule has 1 saturated heterocycles. The molecule has 0 radical (unpaired) electrons. The van der Waals surface area contributed by atoms with Gasteiger partial charge < -0.3 is 15.5 Å². The molecule has 1 aliphatic rings. The molecule has 2 heterocycles. The molecule has 0 saturated carbocycles. The van der Waals surface area contributed by atoms with Gasteiger partial charge in [-0.3, -0.25) is 5.01 Å². The fourth-order valence-corrected chi connectivity index (χ4v) is 1.84. The van der Waals surface area contributed by atoms with E-state index in [9.17, 15) is 0 Å². The number of rotatable bonds is 4. The number of likely N-dealkylation sites (N-methyl/N-ethyl adjacent to an activating group) is 1. The van der Waals surface area contributed by atoms with E-state index < -0.39 is 0 Å². The van der Waals surface area contributed by atoms with E-state index in [1.165, 1.54) is 15.2 Å². The lowest BCUT2D eigenvalue weighted by atomic mass is 10.3. The topological polar surface area (TPSA) is 92.5 Å². The number of nitrogens with two attached hydrogens (primary N) is 2. The van der Waals surface area contributed by atoms with Crippen LogP contribution in [0.4, 0.5) is 11.9 Å². The molecule has 1 aliphatic heterocycles. The second-order valence-corrected chi connectivity index (χ2v) is 4.53. The third-order valence-electron chi connectivity index (χ3n) is 2.91. The van der Waals surface area contributed by atoms with E-state index in [1.54, 1.807) is 0 Å². The molecular formula is C9H18N8S. The molecule has 4 N–H and O–H groups in total. The van der Waals surface area contributed by atoms with E-state index >= 15 is 0 Å². The molecule has 2 rings (SSSR count). The van der Waals surface area contributed by atoms with Gasteiger partial charge in [-0.05, 0) is 7.05 Å². The maximum Gasteiger partial charge on any atom is 0.246 e. The Labute approximate surface area is 111 Å². The maximum atomic E-state index is 5.80. The number of anilines is 2. The lowest BCUT2D eigenvalue weighted by Gasteiger charge is -2.31. The van der Waals surface area contributed by atoms with Gasteiger partial charge in [-0.15, -0.1) is 5.10 Å². The summed E-state index contributed by atoms with van der Waals surface area (Å²) in [5.74, 6) is 6.58. The van der Waals surface area contributed by atoms with Crippen molar-refractivity contribution in [2.24, 2.45) is 5.84 Å². The van der Waals surface area contributed by atoms with Crippen molar-refractivity contribution in [3.63, 3.8) is 0 Å². The lowest BCUT2D eigenvalue weighted by molar-refractivity contribution is 0.310. The van der Waals surface area contributed by atoms with Gasteiger partial charge >= 0.3 is 0 Å². The molecule has 0 amide bonds. The number of piperazine rings is 1. The zero-order valence-electron chi connectivity index (χ0n) is 10.4. The summed E-state index contributed by atoms with van der Waals surface area (Å²) in [6.45, 7) is 4.10. The molecule has 18 heavy (non-hydrogen) atoms. The quantitative estimate of drug-likeness (QED) is 0.396. The largest absolute Gasteiger partial charge is 0.368 e. The second kappa shape index (κ2) is 5.46. The Morgan fingerprint density at radius 3 is 2.67 bits per heavy atom. The molecule has 0 bridgehead atoms. The zero-order valence-corrected chi connectivity index (χ0v) is 11.2. The summed E-state index contributed by atoms with van der Waals surface area (Å²) < 4.78 is 1.54. The molecule has 8 nitrogen and oxygen atoms in total. The molecule has 9 heteroatoms. The summed E-state index contributed by atoms with van der Waals surface area (Å²) in [4.78, 5) is 8.64. The molecule has 1 fully saturated rings. The van der Waals surface area contributed by atoms with Crippen LogP contribution in [0.25, 0.3) is 0 Å². The molecule has 1 aromatic rings. The highest BCUT2D eigenvalue weighted by Crippen LogP contribution is 2.13. The highest BCUT2D eigenvalue weighted by atomic mass is 32.1. The third-order valence-corrected chi connectivity index (χ3v) is 3.18. The minimum Gasteiger partial charge on any atom is -0.368 e. The van der Waals surface area contributed by atoms with Gasteiger partial charge in [0, 0.05) is 26.2 Å². The number of aromatic nitrogens is 3. The van der Waals surface area contributed by atoms with Crippen LogP contribution >= 0.6 is 12.2 Å². The molecule has 0 unspecified atom stereocenters. The van der Waals surface area contributed by atoms with Crippen LogP contribution in [0.3, 0.4) is 0 Å². The fourth-order valence-electron chi connectivity index (χ4n) is 1.77. The lowest BCUT2D eigenvalue weighted by Crippen LogP contribution is -2.45. The number of thiocarbonyl (C=S) groups is 1. The van der Waals surface area contributed by atoms with E-state index in [0.29, 0.717) is 18.6 Å². The Balaban J connectivity index is 2.06. The summed E-state index contributed by atoms with van der Waals surface area (Å²) >= 11 is 4.72. The molecule has 1 aromatic heterocycles. The van der Waals surface area contributed by atoms with Crippen LogP contribution in [-0.2, 0) is 6.67 Å². The van der Waals surface area contributed by atoms with Gasteiger partial charge in [0.15, 0.2) is 0 Å². The van der Waals surface area contributed by atoms with Crippen molar-refractivity contribution in [1.82, 2.24) is 24.7 Å². The highest BCUT2D eigenvalue weighted by molar-refractivity contribution is 7.78. The third kappa shape index (κ3) is 2.86. The summed E-state index contributed by atoms with van der Waals surface area (Å²) in [7, 11) is 2.10. The summed E-state index contributed by atoms with van der Waals surface area (Å²) in [5, 5.41) is 5.67. The number of nitrogens with zero attached hydrogens (tertiary/aromatic N) is 6. The first-order valence-corrected chi connectivity index (χ1v) is 6.17. The smallest absolute Gasteiger partial charge is 0.246 e. The average molecular weight is 270 g/mol. The molecular weight excluding hydrogens is 252 g/mol. The predicted molar refractivity (Wildman–Crippen MR) is 73.8 cm³/mol. The van der Waals surface area contributed by atoms with Crippen LogP contribution in [0.5, 0.6) is 0 Å². The number of hydrazine groups is 1. The minimum absolute atomic E-state index is 0.302. The van der Waals surface area contributed by atoms with Gasteiger partial charge in [0.05, 0.1) is 5.49 Å². The first-order valence-electron chi connectivity index (χ1n) is 5.70. The van der Waals surface area contributed by atoms with Crippen LogP contribution in [0.1, 0.15) is 0 Å². The van der Waals surface area contributed by atoms with Crippen molar-refractivity contribution in [3.8, 4) is 0 Å². The average Bonchev–Trinajstić information content (AvgIpc) is 2.71. The fraction of sp³-hybridized carbons (Fsp3) is 0.667. The van der Waals surface area contributed by atoms with Crippen LogP contribution < -0.4 is 16.5 Å². The van der Waals surface area contributed by atoms with Gasteiger partial charge in [-0.2, -0.15) is 4.98 Å². The van der Waals surface area contributed by atoms with E-state index in [-0.39, 0.29) is 0 Å². The van der Waals surface area contributed by atoms with Crippen molar-refractivity contribution >= 4 is 29.6 Å². The predicted octanol–water partition coefficient (Wildman–Crippen LogP) is -1.30. The summed E-state index contributed by atoms with van der Waals surface area (Å²) in [6, 6.07) is 0. The van der Waals surface area contributed by atoms with Crippen molar-refractivity contribution in [3.05, 3.63) is 0 Å².